The van der Waals surface area contributed by atoms with Gasteiger partial charge in [-0.05, 0) is 41.7 Å². The van der Waals surface area contributed by atoms with E-state index in [1.54, 1.807) is 18.2 Å². The van der Waals surface area contributed by atoms with Crippen LogP contribution in [0.2, 0.25) is 0 Å². The van der Waals surface area contributed by atoms with Crippen molar-refractivity contribution in [1.82, 2.24) is 0 Å². The van der Waals surface area contributed by atoms with E-state index in [1.807, 2.05) is 0 Å². The number of hydrogen-bond acceptors (Lipinski definition) is 6. The Morgan fingerprint density at radius 1 is 1.09 bits per heavy atom. The number of hydrogen-bond donors (Lipinski definition) is 3. The maximum Gasteiger partial charge on any atom is 0.175 e. The van der Waals surface area contributed by atoms with Crippen LogP contribution >= 0.6 is 12.2 Å². The Balaban J connectivity index is 2.15. The summed E-state index contributed by atoms with van der Waals surface area (Å²) in [5.41, 5.74) is 1.20. The van der Waals surface area contributed by atoms with Gasteiger partial charge in [-0.1, -0.05) is 0 Å². The third kappa shape index (κ3) is 4.07. The highest BCUT2D eigenvalue weighted by Gasteiger charge is 2.09. The van der Waals surface area contributed by atoms with E-state index in [-0.39, 0.29) is 16.5 Å². The normalized spacial score (nSPS) is 9.83. The molecular weight excluding hydrogens is 318 g/mol. The van der Waals surface area contributed by atoms with Gasteiger partial charge in [0.05, 0.1) is 25.6 Å². The largest absolute Gasteiger partial charge is 0.506 e. The molecular formula is C15H15N3O4S. The average molecular weight is 333 g/mol. The fraction of sp³-hybridized carbons (Fsp3) is 0.133. The number of benzene rings is 2. The number of nitrogens with zero attached hydrogens (tertiary/aromatic N) is 1. The SMILES string of the molecule is COc1ccc(O)c(NC(=S)Nc2ccc(N=O)cc2OC)c1. The molecule has 23 heavy (non-hydrogen) atoms. The Kier molecular flexibility index (Phi) is 5.32. The fourth-order valence-electron chi connectivity index (χ4n) is 1.86. The van der Waals surface area contributed by atoms with Gasteiger partial charge in [-0.3, -0.25) is 0 Å². The monoisotopic (exact) mass is 333 g/mol. The highest BCUT2D eigenvalue weighted by molar-refractivity contribution is 7.80. The van der Waals surface area contributed by atoms with Gasteiger partial charge in [-0.15, -0.1) is 4.91 Å². The van der Waals surface area contributed by atoms with Gasteiger partial charge < -0.3 is 25.2 Å². The Morgan fingerprint density at radius 3 is 2.48 bits per heavy atom. The molecule has 2 aromatic carbocycles. The van der Waals surface area contributed by atoms with Crippen molar-refractivity contribution in [2.75, 3.05) is 24.9 Å². The van der Waals surface area contributed by atoms with Crippen molar-refractivity contribution in [3.8, 4) is 17.2 Å². The molecule has 0 saturated carbocycles. The first-order valence-corrected chi connectivity index (χ1v) is 6.94. The summed E-state index contributed by atoms with van der Waals surface area (Å²) < 4.78 is 10.3. The number of anilines is 2. The molecule has 3 N–H and O–H groups in total. The Bertz CT molecular complexity index is 737. The standard InChI is InChI=1S/C15H15N3O4S/c1-21-10-4-6-13(19)12(8-10)17-15(23)16-11-5-3-9(18-20)7-14(11)22-2/h3-8,19H,1-2H3,(H2,16,17,23). The zero-order valence-electron chi connectivity index (χ0n) is 12.5. The minimum Gasteiger partial charge on any atom is -0.506 e. The van der Waals surface area contributed by atoms with Crippen LogP contribution in [-0.2, 0) is 0 Å². The second-order valence-corrected chi connectivity index (χ2v) is 4.85. The number of ether oxygens (including phenoxy) is 2. The van der Waals surface area contributed by atoms with E-state index in [9.17, 15) is 10.0 Å². The van der Waals surface area contributed by atoms with Gasteiger partial charge in [-0.25, -0.2) is 0 Å². The summed E-state index contributed by atoms with van der Waals surface area (Å²) >= 11 is 5.21. The molecule has 120 valence electrons. The number of nitroso groups, excluding NO2 is 1. The number of methoxy groups -OCH3 is 2. The first-order chi connectivity index (χ1) is 11.1. The van der Waals surface area contributed by atoms with Crippen molar-refractivity contribution in [2.45, 2.75) is 0 Å². The maximum absolute atomic E-state index is 10.5. The molecule has 0 unspecified atom stereocenters. The number of thiocarbonyl (C=S) groups is 1. The van der Waals surface area contributed by atoms with Gasteiger partial charge in [0, 0.05) is 12.1 Å². The van der Waals surface area contributed by atoms with E-state index in [0.29, 0.717) is 22.9 Å². The van der Waals surface area contributed by atoms with Crippen molar-refractivity contribution in [2.24, 2.45) is 5.18 Å². The molecule has 0 amide bonds. The lowest BCUT2D eigenvalue weighted by atomic mass is 10.2. The van der Waals surface area contributed by atoms with E-state index >= 15 is 0 Å². The van der Waals surface area contributed by atoms with Gasteiger partial charge in [0.25, 0.3) is 0 Å². The summed E-state index contributed by atoms with van der Waals surface area (Å²) in [6.45, 7) is 0. The molecule has 7 nitrogen and oxygen atoms in total. The third-order valence-electron chi connectivity index (χ3n) is 2.99. The summed E-state index contributed by atoms with van der Waals surface area (Å²) in [4.78, 5) is 10.5. The molecule has 0 fully saturated rings. The lowest BCUT2D eigenvalue weighted by molar-refractivity contribution is 0.413. The highest BCUT2D eigenvalue weighted by atomic mass is 32.1. The molecule has 0 bridgehead atoms. The minimum absolute atomic E-state index is 0.0300. The van der Waals surface area contributed by atoms with Crippen LogP contribution in [0.3, 0.4) is 0 Å². The van der Waals surface area contributed by atoms with Crippen molar-refractivity contribution in [3.05, 3.63) is 41.3 Å². The van der Waals surface area contributed by atoms with Crippen LogP contribution in [-0.4, -0.2) is 24.4 Å². The van der Waals surface area contributed by atoms with Gasteiger partial charge in [0.2, 0.25) is 0 Å². The molecule has 0 aromatic heterocycles. The van der Waals surface area contributed by atoms with Crippen molar-refractivity contribution in [3.63, 3.8) is 0 Å². The third-order valence-corrected chi connectivity index (χ3v) is 3.19. The van der Waals surface area contributed by atoms with E-state index in [4.69, 9.17) is 21.7 Å². The average Bonchev–Trinajstić information content (AvgIpc) is 2.57. The maximum atomic E-state index is 10.5. The summed E-state index contributed by atoms with van der Waals surface area (Å²) in [6.07, 6.45) is 0. The van der Waals surface area contributed by atoms with Gasteiger partial charge in [0.15, 0.2) is 5.11 Å². The van der Waals surface area contributed by atoms with E-state index in [2.05, 4.69) is 15.8 Å². The molecule has 0 aliphatic heterocycles. The summed E-state index contributed by atoms with van der Waals surface area (Å²) in [5.74, 6) is 1.02. The predicted molar refractivity (Wildman–Crippen MR) is 93.0 cm³/mol. The molecule has 0 aliphatic rings. The highest BCUT2D eigenvalue weighted by Crippen LogP contribution is 2.31. The van der Waals surface area contributed by atoms with Crippen LogP contribution in [0.15, 0.2) is 41.6 Å². The quantitative estimate of drug-likeness (QED) is 0.437. The lowest BCUT2D eigenvalue weighted by Crippen LogP contribution is -2.19. The second-order valence-electron chi connectivity index (χ2n) is 4.44. The van der Waals surface area contributed by atoms with Gasteiger partial charge in [-0.2, -0.15) is 0 Å². The topological polar surface area (TPSA) is 92.2 Å². The molecule has 0 aliphatic carbocycles. The summed E-state index contributed by atoms with van der Waals surface area (Å²) in [6, 6.07) is 9.37. The van der Waals surface area contributed by atoms with E-state index in [1.165, 1.54) is 32.4 Å². The number of nitrogens with one attached hydrogen (secondary N) is 2. The minimum atomic E-state index is 0.0300. The number of phenols is 1. The second kappa shape index (κ2) is 7.41. The van der Waals surface area contributed by atoms with Crippen LogP contribution in [0.5, 0.6) is 17.2 Å². The molecule has 0 spiro atoms. The van der Waals surface area contributed by atoms with Gasteiger partial charge >= 0.3 is 0 Å². The number of phenolic OH excluding ortho intramolecular Hbond substituents is 1. The van der Waals surface area contributed by atoms with Crippen molar-refractivity contribution < 1.29 is 14.6 Å². The molecule has 8 heteroatoms. The molecule has 2 aromatic rings. The molecule has 0 heterocycles. The smallest absolute Gasteiger partial charge is 0.175 e. The van der Waals surface area contributed by atoms with E-state index < -0.39 is 0 Å². The first kappa shape index (κ1) is 16.5. The Labute approximate surface area is 138 Å². The van der Waals surface area contributed by atoms with Gasteiger partial charge in [0.1, 0.15) is 22.9 Å². The summed E-state index contributed by atoms with van der Waals surface area (Å²) in [7, 11) is 3.00. The van der Waals surface area contributed by atoms with Crippen LogP contribution < -0.4 is 20.1 Å². The number of aromatic hydroxyl groups is 1. The van der Waals surface area contributed by atoms with Crippen molar-refractivity contribution in [1.29, 1.82) is 0 Å². The summed E-state index contributed by atoms with van der Waals surface area (Å²) in [5, 5.41) is 18.7. The molecule has 0 atom stereocenters. The lowest BCUT2D eigenvalue weighted by Gasteiger charge is -2.14. The predicted octanol–water partition coefficient (Wildman–Crippen LogP) is 3.62. The first-order valence-electron chi connectivity index (χ1n) is 6.53. The Hall–Kier alpha value is -2.87. The van der Waals surface area contributed by atoms with Crippen molar-refractivity contribution >= 4 is 34.4 Å². The van der Waals surface area contributed by atoms with Crippen LogP contribution in [0.4, 0.5) is 17.1 Å². The van der Waals surface area contributed by atoms with Crippen LogP contribution in [0.25, 0.3) is 0 Å². The Morgan fingerprint density at radius 2 is 1.83 bits per heavy atom. The van der Waals surface area contributed by atoms with Crippen LogP contribution in [0.1, 0.15) is 0 Å². The van der Waals surface area contributed by atoms with Crippen LogP contribution in [0, 0.1) is 4.91 Å². The fourth-order valence-corrected chi connectivity index (χ4v) is 2.08. The molecule has 0 saturated heterocycles. The van der Waals surface area contributed by atoms with E-state index in [0.717, 1.165) is 0 Å². The number of rotatable bonds is 5. The molecule has 2 rings (SSSR count). The zero-order valence-corrected chi connectivity index (χ0v) is 13.3. The molecule has 0 radical (unpaired) electrons. The zero-order chi connectivity index (χ0) is 16.8.